The third-order valence-corrected chi connectivity index (χ3v) is 2.71. The van der Waals surface area contributed by atoms with Crippen molar-refractivity contribution in [3.8, 4) is 0 Å². The van der Waals surface area contributed by atoms with Crippen LogP contribution < -0.4 is 11.4 Å². The van der Waals surface area contributed by atoms with Crippen LogP contribution in [0.2, 0.25) is 0 Å². The van der Waals surface area contributed by atoms with Crippen LogP contribution in [-0.2, 0) is 0 Å². The van der Waals surface area contributed by atoms with Gasteiger partial charge in [0, 0.05) is 3.57 Å². The first-order chi connectivity index (χ1) is 6.59. The van der Waals surface area contributed by atoms with Crippen LogP contribution in [0.4, 0.5) is 0 Å². The summed E-state index contributed by atoms with van der Waals surface area (Å²) in [4.78, 5) is 15.9. The van der Waals surface area contributed by atoms with Gasteiger partial charge in [0.1, 0.15) is 5.82 Å². The molecule has 0 fully saturated rings. The SMILES string of the molecule is Cc1nc2ccc(I)cc2c(=O)n1N. The number of nitrogens with two attached hydrogens (primary N) is 1. The number of benzene rings is 1. The van der Waals surface area contributed by atoms with Crippen LogP contribution in [0, 0.1) is 10.5 Å². The van der Waals surface area contributed by atoms with Gasteiger partial charge in [-0.2, -0.15) is 0 Å². The monoisotopic (exact) mass is 301 g/mol. The third kappa shape index (κ3) is 1.37. The lowest BCUT2D eigenvalue weighted by molar-refractivity contribution is 0.852. The fourth-order valence-electron chi connectivity index (χ4n) is 1.28. The van der Waals surface area contributed by atoms with Crippen molar-refractivity contribution in [3.05, 3.63) is 37.9 Å². The zero-order chi connectivity index (χ0) is 10.3. The van der Waals surface area contributed by atoms with Crippen molar-refractivity contribution in [1.82, 2.24) is 9.66 Å². The molecule has 72 valence electrons. The fraction of sp³-hybridized carbons (Fsp3) is 0.111. The van der Waals surface area contributed by atoms with Gasteiger partial charge in [-0.3, -0.25) is 4.79 Å². The predicted molar refractivity (Wildman–Crippen MR) is 63.6 cm³/mol. The molecule has 0 bridgehead atoms. The van der Waals surface area contributed by atoms with E-state index in [2.05, 4.69) is 27.6 Å². The van der Waals surface area contributed by atoms with Crippen LogP contribution in [0.25, 0.3) is 10.9 Å². The van der Waals surface area contributed by atoms with Crippen LogP contribution in [0.5, 0.6) is 0 Å². The second kappa shape index (κ2) is 3.23. The Kier molecular flexibility index (Phi) is 2.18. The van der Waals surface area contributed by atoms with Gasteiger partial charge in [-0.1, -0.05) is 0 Å². The highest BCUT2D eigenvalue weighted by Crippen LogP contribution is 2.11. The first-order valence-electron chi connectivity index (χ1n) is 4.03. The standard InChI is InChI=1S/C9H8IN3O/c1-5-12-8-3-2-6(10)4-7(8)9(14)13(5)11/h2-4H,11H2,1H3. The van der Waals surface area contributed by atoms with Crippen LogP contribution >= 0.6 is 22.6 Å². The van der Waals surface area contributed by atoms with Crippen LogP contribution in [0.1, 0.15) is 5.82 Å². The van der Waals surface area contributed by atoms with Crippen molar-refractivity contribution < 1.29 is 0 Å². The van der Waals surface area contributed by atoms with Crippen molar-refractivity contribution >= 4 is 33.5 Å². The number of fused-ring (bicyclic) bond motifs is 1. The maximum absolute atomic E-state index is 11.7. The van der Waals surface area contributed by atoms with Gasteiger partial charge in [-0.25, -0.2) is 9.66 Å². The molecule has 0 spiro atoms. The number of hydrogen-bond donors (Lipinski definition) is 1. The van der Waals surface area contributed by atoms with E-state index in [1.807, 2.05) is 12.1 Å². The van der Waals surface area contributed by atoms with E-state index >= 15 is 0 Å². The number of nitrogen functional groups attached to an aromatic ring is 1. The highest BCUT2D eigenvalue weighted by molar-refractivity contribution is 14.1. The van der Waals surface area contributed by atoms with Crippen LogP contribution in [-0.4, -0.2) is 9.66 Å². The van der Waals surface area contributed by atoms with Gasteiger partial charge in [0.05, 0.1) is 10.9 Å². The molecule has 0 atom stereocenters. The van der Waals surface area contributed by atoms with Crippen LogP contribution in [0.3, 0.4) is 0 Å². The largest absolute Gasteiger partial charge is 0.335 e. The Morgan fingerprint density at radius 2 is 2.21 bits per heavy atom. The van der Waals surface area contributed by atoms with Crippen LogP contribution in [0.15, 0.2) is 23.0 Å². The Hall–Kier alpha value is -1.11. The molecular formula is C9H8IN3O. The molecule has 0 aliphatic heterocycles. The molecular weight excluding hydrogens is 293 g/mol. The topological polar surface area (TPSA) is 60.9 Å². The molecule has 1 aromatic heterocycles. The van der Waals surface area contributed by atoms with Gasteiger partial charge in [0.2, 0.25) is 0 Å². The first-order valence-corrected chi connectivity index (χ1v) is 5.11. The number of aromatic nitrogens is 2. The maximum atomic E-state index is 11.7. The Morgan fingerprint density at radius 1 is 1.50 bits per heavy atom. The van der Waals surface area contributed by atoms with Gasteiger partial charge < -0.3 is 5.84 Å². The second-order valence-electron chi connectivity index (χ2n) is 3.00. The average Bonchev–Trinajstić information content (AvgIpc) is 2.16. The van der Waals surface area contributed by atoms with E-state index in [1.165, 1.54) is 0 Å². The molecule has 0 saturated heterocycles. The number of aryl methyl sites for hydroxylation is 1. The smallest absolute Gasteiger partial charge is 0.279 e. The quantitative estimate of drug-likeness (QED) is 0.584. The summed E-state index contributed by atoms with van der Waals surface area (Å²) in [6.07, 6.45) is 0. The maximum Gasteiger partial charge on any atom is 0.279 e. The summed E-state index contributed by atoms with van der Waals surface area (Å²) in [5.41, 5.74) is 0.487. The molecule has 2 aromatic rings. The normalized spacial score (nSPS) is 10.7. The first kappa shape index (κ1) is 9.45. The Bertz CT molecular complexity index is 562. The lowest BCUT2D eigenvalue weighted by Crippen LogP contribution is -2.30. The van der Waals surface area contributed by atoms with Crippen molar-refractivity contribution in [2.45, 2.75) is 6.92 Å². The molecule has 0 amide bonds. The van der Waals surface area contributed by atoms with E-state index < -0.39 is 0 Å². The van der Waals surface area contributed by atoms with E-state index in [4.69, 9.17) is 5.84 Å². The van der Waals surface area contributed by atoms with Gasteiger partial charge in [-0.15, -0.1) is 0 Å². The molecule has 14 heavy (non-hydrogen) atoms. The molecule has 2 rings (SSSR count). The van der Waals surface area contributed by atoms with E-state index in [0.29, 0.717) is 16.7 Å². The van der Waals surface area contributed by atoms with Gasteiger partial charge >= 0.3 is 0 Å². The number of nitrogens with zero attached hydrogens (tertiary/aromatic N) is 2. The molecule has 4 nitrogen and oxygen atoms in total. The summed E-state index contributed by atoms with van der Waals surface area (Å²) in [7, 11) is 0. The Labute approximate surface area is 93.9 Å². The van der Waals surface area contributed by atoms with Gasteiger partial charge in [0.15, 0.2) is 0 Å². The summed E-state index contributed by atoms with van der Waals surface area (Å²) in [6.45, 7) is 1.71. The van der Waals surface area contributed by atoms with Crippen molar-refractivity contribution in [1.29, 1.82) is 0 Å². The Balaban J connectivity index is 2.99. The Morgan fingerprint density at radius 3 is 2.93 bits per heavy atom. The lowest BCUT2D eigenvalue weighted by atomic mass is 10.2. The van der Waals surface area contributed by atoms with E-state index in [-0.39, 0.29) is 5.56 Å². The summed E-state index contributed by atoms with van der Waals surface area (Å²) < 4.78 is 2.07. The number of hydrogen-bond acceptors (Lipinski definition) is 3. The zero-order valence-electron chi connectivity index (χ0n) is 7.49. The predicted octanol–water partition coefficient (Wildman–Crippen LogP) is 1.02. The third-order valence-electron chi connectivity index (χ3n) is 2.04. The highest BCUT2D eigenvalue weighted by atomic mass is 127. The zero-order valence-corrected chi connectivity index (χ0v) is 9.65. The van der Waals surface area contributed by atoms with Gasteiger partial charge in [-0.05, 0) is 47.7 Å². The molecule has 0 aliphatic carbocycles. The van der Waals surface area contributed by atoms with Crippen molar-refractivity contribution in [2.24, 2.45) is 0 Å². The summed E-state index contributed by atoms with van der Waals surface area (Å²) in [5, 5.41) is 0.560. The highest BCUT2D eigenvalue weighted by Gasteiger charge is 2.05. The number of rotatable bonds is 0. The molecule has 0 radical (unpaired) electrons. The minimum Gasteiger partial charge on any atom is -0.335 e. The van der Waals surface area contributed by atoms with Crippen molar-refractivity contribution in [3.63, 3.8) is 0 Å². The van der Waals surface area contributed by atoms with Crippen molar-refractivity contribution in [2.75, 3.05) is 5.84 Å². The summed E-state index contributed by atoms with van der Waals surface area (Å²) in [6, 6.07) is 5.52. The average molecular weight is 301 g/mol. The van der Waals surface area contributed by atoms with E-state index in [1.54, 1.807) is 13.0 Å². The fourth-order valence-corrected chi connectivity index (χ4v) is 1.77. The molecule has 0 saturated carbocycles. The minimum atomic E-state index is -0.203. The lowest BCUT2D eigenvalue weighted by Gasteiger charge is -2.04. The van der Waals surface area contributed by atoms with E-state index in [9.17, 15) is 4.79 Å². The second-order valence-corrected chi connectivity index (χ2v) is 4.24. The van der Waals surface area contributed by atoms with E-state index in [0.717, 1.165) is 8.25 Å². The molecule has 0 unspecified atom stereocenters. The molecule has 1 aromatic carbocycles. The molecule has 0 aliphatic rings. The summed E-state index contributed by atoms with van der Waals surface area (Å²) >= 11 is 2.15. The number of halogens is 1. The summed E-state index contributed by atoms with van der Waals surface area (Å²) in [5.74, 6) is 6.05. The minimum absolute atomic E-state index is 0.203. The molecule has 1 heterocycles. The molecule has 2 N–H and O–H groups in total. The molecule has 5 heteroatoms. The van der Waals surface area contributed by atoms with Gasteiger partial charge in [0.25, 0.3) is 5.56 Å².